The first-order chi connectivity index (χ1) is 10.9. The first kappa shape index (κ1) is 17.4. The molecule has 0 saturated heterocycles. The molecule has 2 atom stereocenters. The quantitative estimate of drug-likeness (QED) is 0.795. The molecular formula is C20H23FO2. The molecular weight excluding hydrogens is 291 g/mol. The van der Waals surface area contributed by atoms with Crippen LogP contribution < -0.4 is 0 Å². The molecule has 2 aromatic rings. The maximum absolute atomic E-state index is 13.5. The summed E-state index contributed by atoms with van der Waals surface area (Å²) in [5.41, 5.74) is 1.29. The molecule has 0 fully saturated rings. The molecule has 0 bridgehead atoms. The van der Waals surface area contributed by atoms with Gasteiger partial charge in [0, 0.05) is 0 Å². The number of benzene rings is 2. The van der Waals surface area contributed by atoms with Crippen molar-refractivity contribution in [1.29, 1.82) is 0 Å². The molecule has 0 radical (unpaired) electrons. The zero-order valence-corrected chi connectivity index (χ0v) is 13.8. The lowest BCUT2D eigenvalue weighted by Crippen LogP contribution is -2.40. The Balaban J connectivity index is 2.25. The molecule has 2 rings (SSSR count). The lowest BCUT2D eigenvalue weighted by molar-refractivity contribution is -0.0892. The topological polar surface area (TPSA) is 29.5 Å². The summed E-state index contributed by atoms with van der Waals surface area (Å²) in [7, 11) is 0. The minimum Gasteiger partial charge on any atom is -0.378 e. The molecule has 0 aliphatic rings. The predicted molar refractivity (Wildman–Crippen MR) is 90.5 cm³/mol. The monoisotopic (exact) mass is 314 g/mol. The first-order valence-corrected chi connectivity index (χ1v) is 7.66. The maximum Gasteiger partial charge on any atom is 0.136 e. The van der Waals surface area contributed by atoms with Gasteiger partial charge in [-0.3, -0.25) is 0 Å². The SMILES string of the molecule is C=C(C)[C@](O)(c1ccc(F)c(C)c1)[C@H](C)OCc1ccccc1. The molecule has 2 nitrogen and oxygen atoms in total. The van der Waals surface area contributed by atoms with E-state index in [1.54, 1.807) is 32.9 Å². The van der Waals surface area contributed by atoms with Crippen LogP contribution in [0.5, 0.6) is 0 Å². The number of halogens is 1. The fourth-order valence-electron chi connectivity index (χ4n) is 2.63. The van der Waals surface area contributed by atoms with Crippen LogP contribution in [0.2, 0.25) is 0 Å². The highest BCUT2D eigenvalue weighted by molar-refractivity contribution is 5.35. The van der Waals surface area contributed by atoms with Crippen LogP contribution in [-0.2, 0) is 16.9 Å². The Morgan fingerprint density at radius 3 is 2.48 bits per heavy atom. The Bertz CT molecular complexity index is 681. The molecule has 122 valence electrons. The summed E-state index contributed by atoms with van der Waals surface area (Å²) in [6.07, 6.45) is -0.523. The second-order valence-corrected chi connectivity index (χ2v) is 5.95. The average molecular weight is 314 g/mol. The lowest BCUT2D eigenvalue weighted by atomic mass is 9.82. The van der Waals surface area contributed by atoms with Crippen molar-refractivity contribution in [3.8, 4) is 0 Å². The lowest BCUT2D eigenvalue weighted by Gasteiger charge is -2.35. The van der Waals surface area contributed by atoms with E-state index in [4.69, 9.17) is 4.74 Å². The Labute approximate surface area is 137 Å². The van der Waals surface area contributed by atoms with Gasteiger partial charge in [0.25, 0.3) is 0 Å². The summed E-state index contributed by atoms with van der Waals surface area (Å²) >= 11 is 0. The third-order valence-electron chi connectivity index (χ3n) is 4.18. The van der Waals surface area contributed by atoms with E-state index in [9.17, 15) is 9.50 Å². The van der Waals surface area contributed by atoms with E-state index in [-0.39, 0.29) is 5.82 Å². The van der Waals surface area contributed by atoms with Crippen molar-refractivity contribution in [3.63, 3.8) is 0 Å². The molecule has 0 spiro atoms. The van der Waals surface area contributed by atoms with E-state index in [1.165, 1.54) is 6.07 Å². The predicted octanol–water partition coefficient (Wildman–Crippen LogP) is 4.50. The van der Waals surface area contributed by atoms with E-state index < -0.39 is 11.7 Å². The minimum atomic E-state index is -1.37. The van der Waals surface area contributed by atoms with Gasteiger partial charge in [-0.1, -0.05) is 43.0 Å². The molecule has 3 heteroatoms. The van der Waals surface area contributed by atoms with Crippen LogP contribution in [0.15, 0.2) is 60.7 Å². The largest absolute Gasteiger partial charge is 0.378 e. The number of hydrogen-bond acceptors (Lipinski definition) is 2. The first-order valence-electron chi connectivity index (χ1n) is 7.66. The van der Waals surface area contributed by atoms with Gasteiger partial charge in [-0.2, -0.15) is 0 Å². The Hall–Kier alpha value is -1.97. The Morgan fingerprint density at radius 2 is 1.91 bits per heavy atom. The number of aryl methyl sites for hydroxylation is 1. The van der Waals surface area contributed by atoms with Crippen LogP contribution in [0.3, 0.4) is 0 Å². The third kappa shape index (κ3) is 3.69. The minimum absolute atomic E-state index is 0.296. The molecule has 0 aliphatic carbocycles. The number of hydrogen-bond donors (Lipinski definition) is 1. The van der Waals surface area contributed by atoms with Crippen molar-refractivity contribution in [3.05, 3.63) is 83.2 Å². The van der Waals surface area contributed by atoms with Gasteiger partial charge in [-0.15, -0.1) is 0 Å². The Morgan fingerprint density at radius 1 is 1.26 bits per heavy atom. The highest BCUT2D eigenvalue weighted by atomic mass is 19.1. The maximum atomic E-state index is 13.5. The summed E-state index contributed by atoms with van der Waals surface area (Å²) < 4.78 is 19.4. The van der Waals surface area contributed by atoms with Crippen LogP contribution in [0.25, 0.3) is 0 Å². The van der Waals surface area contributed by atoms with Crippen molar-refractivity contribution in [2.45, 2.75) is 39.1 Å². The Kier molecular flexibility index (Phi) is 5.34. The van der Waals surface area contributed by atoms with Gasteiger partial charge in [0.05, 0.1) is 12.7 Å². The number of rotatable bonds is 6. The highest BCUT2D eigenvalue weighted by Gasteiger charge is 2.37. The van der Waals surface area contributed by atoms with Gasteiger partial charge in [-0.25, -0.2) is 4.39 Å². The van der Waals surface area contributed by atoms with Crippen LogP contribution in [0.1, 0.15) is 30.5 Å². The van der Waals surface area contributed by atoms with E-state index in [0.29, 0.717) is 23.3 Å². The van der Waals surface area contributed by atoms with E-state index >= 15 is 0 Å². The summed E-state index contributed by atoms with van der Waals surface area (Å²) in [6.45, 7) is 9.52. The van der Waals surface area contributed by atoms with Crippen molar-refractivity contribution in [2.75, 3.05) is 0 Å². The molecule has 23 heavy (non-hydrogen) atoms. The van der Waals surface area contributed by atoms with E-state index in [2.05, 4.69) is 6.58 Å². The molecule has 0 aromatic heterocycles. The zero-order valence-electron chi connectivity index (χ0n) is 13.8. The van der Waals surface area contributed by atoms with Crippen LogP contribution in [0.4, 0.5) is 4.39 Å². The van der Waals surface area contributed by atoms with E-state index in [0.717, 1.165) is 5.56 Å². The molecule has 0 aliphatic heterocycles. The standard InChI is InChI=1S/C20H23FO2/c1-14(2)20(22,18-10-11-19(21)15(3)12-18)16(4)23-13-17-8-6-5-7-9-17/h5-12,16,22H,1,13H2,2-4H3/t16-,20+/m0/s1. The fourth-order valence-corrected chi connectivity index (χ4v) is 2.63. The zero-order chi connectivity index (χ0) is 17.0. The third-order valence-corrected chi connectivity index (χ3v) is 4.18. The van der Waals surface area contributed by atoms with Gasteiger partial charge in [0.1, 0.15) is 11.4 Å². The van der Waals surface area contributed by atoms with Crippen molar-refractivity contribution < 1.29 is 14.2 Å². The van der Waals surface area contributed by atoms with Crippen molar-refractivity contribution >= 4 is 0 Å². The average Bonchev–Trinajstić information content (AvgIpc) is 2.55. The van der Waals surface area contributed by atoms with Gasteiger partial charge >= 0.3 is 0 Å². The van der Waals surface area contributed by atoms with Gasteiger partial charge in [0.2, 0.25) is 0 Å². The highest BCUT2D eigenvalue weighted by Crippen LogP contribution is 2.34. The molecule has 0 unspecified atom stereocenters. The summed E-state index contributed by atoms with van der Waals surface area (Å²) in [5, 5.41) is 11.2. The molecule has 0 amide bonds. The van der Waals surface area contributed by atoms with Crippen LogP contribution >= 0.6 is 0 Å². The second kappa shape index (κ2) is 7.07. The normalized spacial score (nSPS) is 15.0. The van der Waals surface area contributed by atoms with Crippen molar-refractivity contribution in [1.82, 2.24) is 0 Å². The smallest absolute Gasteiger partial charge is 0.136 e. The van der Waals surface area contributed by atoms with Crippen LogP contribution in [0, 0.1) is 12.7 Å². The molecule has 1 N–H and O–H groups in total. The van der Waals surface area contributed by atoms with Crippen LogP contribution in [-0.4, -0.2) is 11.2 Å². The summed E-state index contributed by atoms with van der Waals surface area (Å²) in [5.74, 6) is -0.296. The molecule has 0 heterocycles. The molecule has 2 aromatic carbocycles. The van der Waals surface area contributed by atoms with Gasteiger partial charge in [0.15, 0.2) is 0 Å². The second-order valence-electron chi connectivity index (χ2n) is 5.95. The summed E-state index contributed by atoms with van der Waals surface area (Å²) in [4.78, 5) is 0. The summed E-state index contributed by atoms with van der Waals surface area (Å²) in [6, 6.07) is 14.4. The number of aliphatic hydroxyl groups is 1. The number of ether oxygens (including phenoxy) is 1. The van der Waals surface area contributed by atoms with Gasteiger partial charge in [-0.05, 0) is 55.2 Å². The van der Waals surface area contributed by atoms with Crippen molar-refractivity contribution in [2.24, 2.45) is 0 Å². The fraction of sp³-hybridized carbons (Fsp3) is 0.300. The molecule has 0 saturated carbocycles. The van der Waals surface area contributed by atoms with Gasteiger partial charge < -0.3 is 9.84 Å². The van der Waals surface area contributed by atoms with E-state index in [1.807, 2.05) is 30.3 Å².